The van der Waals surface area contributed by atoms with Crippen molar-refractivity contribution in [3.8, 4) is 0 Å². The summed E-state index contributed by atoms with van der Waals surface area (Å²) in [6, 6.07) is 3.68. The molecule has 0 saturated heterocycles. The summed E-state index contributed by atoms with van der Waals surface area (Å²) in [4.78, 5) is 17.4. The number of hydrogen-bond acceptors (Lipinski definition) is 7. The van der Waals surface area contributed by atoms with Crippen molar-refractivity contribution in [2.24, 2.45) is 0 Å². The SMILES string of the molecule is CS(=O)(=O)N1CCc2c(nn(C(=O)C3CCNc4ncccc43)c2N)C1. The Morgan fingerprint density at radius 2 is 2.23 bits per heavy atom. The van der Waals surface area contributed by atoms with Gasteiger partial charge in [-0.05, 0) is 18.9 Å². The molecule has 2 aromatic rings. The molecular weight excluding hydrogens is 356 g/mol. The van der Waals surface area contributed by atoms with E-state index in [1.165, 1.54) is 15.2 Å². The molecule has 0 radical (unpaired) electrons. The van der Waals surface area contributed by atoms with Crippen LogP contribution in [0.3, 0.4) is 0 Å². The molecule has 0 bridgehead atoms. The molecular formula is C16H20N6O3S. The molecule has 2 aliphatic rings. The Morgan fingerprint density at radius 3 is 3.00 bits per heavy atom. The van der Waals surface area contributed by atoms with Crippen LogP contribution < -0.4 is 11.1 Å². The fraction of sp³-hybridized carbons (Fsp3) is 0.438. The Hall–Kier alpha value is -2.46. The minimum Gasteiger partial charge on any atom is -0.383 e. The van der Waals surface area contributed by atoms with Crippen molar-refractivity contribution >= 4 is 27.6 Å². The Balaban J connectivity index is 1.68. The van der Waals surface area contributed by atoms with Crippen LogP contribution in [0.25, 0.3) is 0 Å². The lowest BCUT2D eigenvalue weighted by molar-refractivity contribution is 0.0858. The summed E-state index contributed by atoms with van der Waals surface area (Å²) in [6.45, 7) is 1.13. The van der Waals surface area contributed by atoms with Gasteiger partial charge in [-0.25, -0.2) is 13.4 Å². The van der Waals surface area contributed by atoms with E-state index in [0.717, 1.165) is 11.1 Å². The van der Waals surface area contributed by atoms with E-state index in [2.05, 4.69) is 15.4 Å². The number of rotatable bonds is 2. The topological polar surface area (TPSA) is 123 Å². The largest absolute Gasteiger partial charge is 0.383 e. The predicted octanol–water partition coefficient (Wildman–Crippen LogP) is 0.418. The van der Waals surface area contributed by atoms with Gasteiger partial charge in [-0.1, -0.05) is 6.07 Å². The van der Waals surface area contributed by atoms with Gasteiger partial charge in [-0.15, -0.1) is 0 Å². The maximum Gasteiger partial charge on any atom is 0.256 e. The highest BCUT2D eigenvalue weighted by atomic mass is 32.2. The summed E-state index contributed by atoms with van der Waals surface area (Å²) in [5, 5.41) is 7.54. The fourth-order valence-electron chi connectivity index (χ4n) is 3.58. The molecule has 4 heterocycles. The highest BCUT2D eigenvalue weighted by Crippen LogP contribution is 2.33. The number of fused-ring (bicyclic) bond motifs is 2. The van der Waals surface area contributed by atoms with Crippen LogP contribution >= 0.6 is 0 Å². The van der Waals surface area contributed by atoms with E-state index in [1.807, 2.05) is 6.07 Å². The fourth-order valence-corrected chi connectivity index (χ4v) is 4.36. The van der Waals surface area contributed by atoms with Crippen LogP contribution in [-0.2, 0) is 23.0 Å². The predicted molar refractivity (Wildman–Crippen MR) is 96.3 cm³/mol. The highest BCUT2D eigenvalue weighted by Gasteiger charge is 2.33. The van der Waals surface area contributed by atoms with Gasteiger partial charge in [0.05, 0.1) is 24.4 Å². The van der Waals surface area contributed by atoms with E-state index in [0.29, 0.717) is 43.3 Å². The van der Waals surface area contributed by atoms with Crippen LogP contribution in [0.2, 0.25) is 0 Å². The standard InChI is InChI=1S/C16H20N6O3S/c1-26(24,25)21-8-5-12-13(9-21)20-22(14(12)17)16(23)11-4-7-19-15-10(11)3-2-6-18-15/h2-3,6,11H,4-5,7-9,17H2,1H3,(H,18,19). The second kappa shape index (κ2) is 6.06. The molecule has 0 spiro atoms. The Labute approximate surface area is 151 Å². The van der Waals surface area contributed by atoms with Gasteiger partial charge in [0.1, 0.15) is 11.6 Å². The zero-order valence-corrected chi connectivity index (χ0v) is 15.2. The number of nitrogens with zero attached hydrogens (tertiary/aromatic N) is 4. The number of nitrogens with two attached hydrogens (primary N) is 1. The van der Waals surface area contributed by atoms with Gasteiger partial charge in [0.2, 0.25) is 10.0 Å². The van der Waals surface area contributed by atoms with Crippen LogP contribution in [-0.4, -0.2) is 52.7 Å². The summed E-state index contributed by atoms with van der Waals surface area (Å²) in [5.74, 6) is 0.422. The molecule has 1 unspecified atom stereocenters. The zero-order chi connectivity index (χ0) is 18.5. The number of hydrogen-bond donors (Lipinski definition) is 2. The molecule has 2 aliphatic heterocycles. The molecule has 0 saturated carbocycles. The third-order valence-electron chi connectivity index (χ3n) is 4.96. The summed E-state index contributed by atoms with van der Waals surface area (Å²) >= 11 is 0. The summed E-state index contributed by atoms with van der Waals surface area (Å²) in [7, 11) is -3.31. The molecule has 0 aromatic carbocycles. The number of carbonyl (C=O) groups excluding carboxylic acids is 1. The first kappa shape index (κ1) is 17.0. The van der Waals surface area contributed by atoms with Crippen molar-refractivity contribution in [1.82, 2.24) is 19.1 Å². The van der Waals surface area contributed by atoms with Crippen molar-refractivity contribution in [1.29, 1.82) is 0 Å². The Kier molecular flexibility index (Phi) is 3.96. The number of nitrogens with one attached hydrogen (secondary N) is 1. The molecule has 2 aromatic heterocycles. The minimum atomic E-state index is -3.31. The van der Waals surface area contributed by atoms with Gasteiger partial charge < -0.3 is 11.1 Å². The maximum atomic E-state index is 13.1. The second-order valence-corrected chi connectivity index (χ2v) is 8.60. The summed E-state index contributed by atoms with van der Waals surface area (Å²) in [5.41, 5.74) is 8.33. The van der Waals surface area contributed by atoms with Gasteiger partial charge >= 0.3 is 0 Å². The van der Waals surface area contributed by atoms with E-state index >= 15 is 0 Å². The third kappa shape index (κ3) is 2.74. The molecule has 9 nitrogen and oxygen atoms in total. The second-order valence-electron chi connectivity index (χ2n) is 6.62. The maximum absolute atomic E-state index is 13.1. The van der Waals surface area contributed by atoms with Gasteiger partial charge in [0.25, 0.3) is 5.91 Å². The van der Waals surface area contributed by atoms with Crippen LogP contribution in [0.15, 0.2) is 18.3 Å². The van der Waals surface area contributed by atoms with Crippen LogP contribution in [0.4, 0.5) is 11.6 Å². The molecule has 26 heavy (non-hydrogen) atoms. The number of nitrogen functional groups attached to an aromatic ring is 1. The van der Waals surface area contributed by atoms with E-state index in [-0.39, 0.29) is 18.4 Å². The zero-order valence-electron chi connectivity index (χ0n) is 14.3. The number of pyridine rings is 1. The lowest BCUT2D eigenvalue weighted by atomic mass is 9.92. The molecule has 0 fully saturated rings. The molecule has 4 rings (SSSR count). The van der Waals surface area contributed by atoms with Gasteiger partial charge in [0.15, 0.2) is 0 Å². The van der Waals surface area contributed by atoms with Gasteiger partial charge in [0, 0.05) is 30.4 Å². The quantitative estimate of drug-likeness (QED) is 0.778. The first-order chi connectivity index (χ1) is 12.4. The molecule has 1 atom stereocenters. The smallest absolute Gasteiger partial charge is 0.256 e. The van der Waals surface area contributed by atoms with Crippen LogP contribution in [0, 0.1) is 0 Å². The van der Waals surface area contributed by atoms with E-state index in [1.54, 1.807) is 12.3 Å². The van der Waals surface area contributed by atoms with Crippen LogP contribution in [0.5, 0.6) is 0 Å². The van der Waals surface area contributed by atoms with Crippen molar-refractivity contribution < 1.29 is 13.2 Å². The Bertz CT molecular complexity index is 984. The minimum absolute atomic E-state index is 0.142. The van der Waals surface area contributed by atoms with Crippen molar-refractivity contribution in [3.05, 3.63) is 35.2 Å². The monoisotopic (exact) mass is 376 g/mol. The molecule has 0 aliphatic carbocycles. The first-order valence-electron chi connectivity index (χ1n) is 8.40. The number of sulfonamides is 1. The average Bonchev–Trinajstić information content (AvgIpc) is 2.96. The van der Waals surface area contributed by atoms with Gasteiger partial charge in [-0.3, -0.25) is 4.79 Å². The molecule has 138 valence electrons. The lowest BCUT2D eigenvalue weighted by Crippen LogP contribution is -2.35. The third-order valence-corrected chi connectivity index (χ3v) is 6.21. The van der Waals surface area contributed by atoms with Crippen molar-refractivity contribution in [3.63, 3.8) is 0 Å². The summed E-state index contributed by atoms with van der Waals surface area (Å²) < 4.78 is 26.2. The molecule has 3 N–H and O–H groups in total. The number of aromatic nitrogens is 3. The highest BCUT2D eigenvalue weighted by molar-refractivity contribution is 7.88. The van der Waals surface area contributed by atoms with E-state index < -0.39 is 10.0 Å². The lowest BCUT2D eigenvalue weighted by Gasteiger charge is -2.24. The normalized spacial score (nSPS) is 20.1. The van der Waals surface area contributed by atoms with Crippen molar-refractivity contribution in [2.75, 3.05) is 30.4 Å². The number of anilines is 2. The number of carbonyl (C=O) groups is 1. The van der Waals surface area contributed by atoms with E-state index in [9.17, 15) is 13.2 Å². The average molecular weight is 376 g/mol. The van der Waals surface area contributed by atoms with Gasteiger partial charge in [-0.2, -0.15) is 14.1 Å². The summed E-state index contributed by atoms with van der Waals surface area (Å²) in [6.07, 6.45) is 3.92. The van der Waals surface area contributed by atoms with Crippen LogP contribution in [0.1, 0.15) is 34.0 Å². The molecule has 0 amide bonds. The first-order valence-corrected chi connectivity index (χ1v) is 10.3. The van der Waals surface area contributed by atoms with E-state index in [4.69, 9.17) is 5.73 Å². The molecule has 10 heteroatoms. The Morgan fingerprint density at radius 1 is 1.42 bits per heavy atom. The van der Waals surface area contributed by atoms with Crippen molar-refractivity contribution in [2.45, 2.75) is 25.3 Å².